The van der Waals surface area contributed by atoms with Crippen LogP contribution in [0.3, 0.4) is 0 Å². The van der Waals surface area contributed by atoms with Crippen LogP contribution in [0.4, 0.5) is 0 Å². The summed E-state index contributed by atoms with van der Waals surface area (Å²) in [6, 6.07) is 0. The van der Waals surface area contributed by atoms with Crippen LogP contribution in [0.1, 0.15) is 33.1 Å². The zero-order chi connectivity index (χ0) is 11.9. The van der Waals surface area contributed by atoms with Crippen molar-refractivity contribution in [3.63, 3.8) is 0 Å². The molecule has 0 amide bonds. The molecule has 3 nitrogen and oxygen atoms in total. The lowest BCUT2D eigenvalue weighted by atomic mass is 9.84. The number of hydrogen-bond donors (Lipinski definition) is 1. The maximum atomic E-state index is 5.50. The van der Waals surface area contributed by atoms with Gasteiger partial charge in [0.1, 0.15) is 0 Å². The van der Waals surface area contributed by atoms with Crippen molar-refractivity contribution in [1.29, 1.82) is 0 Å². The molecule has 1 heterocycles. The predicted molar refractivity (Wildman–Crippen MR) is 68.8 cm³/mol. The molecule has 1 unspecified atom stereocenters. The Bertz CT molecular complexity index is 171. The van der Waals surface area contributed by atoms with Gasteiger partial charge in [0, 0.05) is 32.8 Å². The Balaban J connectivity index is 2.45. The quantitative estimate of drug-likeness (QED) is 0.749. The van der Waals surface area contributed by atoms with Crippen molar-refractivity contribution in [3.8, 4) is 0 Å². The van der Waals surface area contributed by atoms with Crippen LogP contribution < -0.4 is 5.32 Å². The molecule has 0 radical (unpaired) electrons. The molecule has 0 saturated carbocycles. The van der Waals surface area contributed by atoms with Crippen LogP contribution in [0.25, 0.3) is 0 Å². The van der Waals surface area contributed by atoms with Gasteiger partial charge in [-0.2, -0.15) is 0 Å². The van der Waals surface area contributed by atoms with Gasteiger partial charge < -0.3 is 15.0 Å². The fourth-order valence-electron chi connectivity index (χ4n) is 2.75. The Morgan fingerprint density at radius 1 is 1.31 bits per heavy atom. The van der Waals surface area contributed by atoms with Gasteiger partial charge in [0.05, 0.1) is 6.61 Å². The molecule has 0 bridgehead atoms. The van der Waals surface area contributed by atoms with Gasteiger partial charge in [-0.1, -0.05) is 20.3 Å². The summed E-state index contributed by atoms with van der Waals surface area (Å²) in [4.78, 5) is 2.57. The van der Waals surface area contributed by atoms with Crippen molar-refractivity contribution in [3.05, 3.63) is 0 Å². The van der Waals surface area contributed by atoms with Gasteiger partial charge in [-0.3, -0.25) is 0 Å². The smallest absolute Gasteiger partial charge is 0.0593 e. The van der Waals surface area contributed by atoms with E-state index < -0.39 is 0 Å². The van der Waals surface area contributed by atoms with Crippen LogP contribution in [-0.4, -0.2) is 51.3 Å². The van der Waals surface area contributed by atoms with E-state index in [-0.39, 0.29) is 0 Å². The van der Waals surface area contributed by atoms with Crippen LogP contribution in [0.5, 0.6) is 0 Å². The maximum Gasteiger partial charge on any atom is 0.0593 e. The largest absolute Gasteiger partial charge is 0.380 e. The molecule has 0 aromatic heterocycles. The number of ether oxygens (including phenoxy) is 1. The lowest BCUT2D eigenvalue weighted by molar-refractivity contribution is 0.123. The summed E-state index contributed by atoms with van der Waals surface area (Å²) in [5.41, 5.74) is 0.411. The van der Waals surface area contributed by atoms with Crippen LogP contribution >= 0.6 is 0 Å². The Morgan fingerprint density at radius 2 is 2.12 bits per heavy atom. The molecule has 96 valence electrons. The highest BCUT2D eigenvalue weighted by atomic mass is 16.5. The highest BCUT2D eigenvalue weighted by Gasteiger charge is 2.25. The molecular formula is C13H28N2O. The van der Waals surface area contributed by atoms with Crippen LogP contribution in [0, 0.1) is 5.41 Å². The van der Waals surface area contributed by atoms with Crippen molar-refractivity contribution in [2.45, 2.75) is 33.1 Å². The molecule has 1 atom stereocenters. The monoisotopic (exact) mass is 228 g/mol. The first-order valence-electron chi connectivity index (χ1n) is 6.65. The Hall–Kier alpha value is -0.120. The van der Waals surface area contributed by atoms with Crippen LogP contribution in [0.15, 0.2) is 0 Å². The van der Waals surface area contributed by atoms with Gasteiger partial charge in [-0.25, -0.2) is 0 Å². The summed E-state index contributed by atoms with van der Waals surface area (Å²) >= 11 is 0. The van der Waals surface area contributed by atoms with Crippen LogP contribution in [0.2, 0.25) is 0 Å². The first-order chi connectivity index (χ1) is 7.70. The molecule has 1 N–H and O–H groups in total. The Kier molecular flexibility index (Phi) is 6.32. The summed E-state index contributed by atoms with van der Waals surface area (Å²) in [6.07, 6.45) is 3.75. The van der Waals surface area contributed by atoms with E-state index in [1.807, 2.05) is 0 Å². The van der Waals surface area contributed by atoms with E-state index in [2.05, 4.69) is 31.1 Å². The van der Waals surface area contributed by atoms with Gasteiger partial charge in [-0.15, -0.1) is 0 Å². The third kappa shape index (κ3) is 4.81. The van der Waals surface area contributed by atoms with Crippen molar-refractivity contribution >= 4 is 0 Å². The molecule has 1 rings (SSSR count). The van der Waals surface area contributed by atoms with E-state index in [9.17, 15) is 0 Å². The average Bonchev–Trinajstić information content (AvgIpc) is 2.46. The predicted octanol–water partition coefficient (Wildman–Crippen LogP) is 1.73. The van der Waals surface area contributed by atoms with Gasteiger partial charge >= 0.3 is 0 Å². The first-order valence-corrected chi connectivity index (χ1v) is 6.65. The fourth-order valence-corrected chi connectivity index (χ4v) is 2.75. The molecule has 1 aliphatic rings. The second-order valence-electron chi connectivity index (χ2n) is 5.33. The van der Waals surface area contributed by atoms with Gasteiger partial charge in [0.2, 0.25) is 0 Å². The number of nitrogens with zero attached hydrogens (tertiary/aromatic N) is 1. The lowest BCUT2D eigenvalue weighted by Crippen LogP contribution is -2.42. The molecule has 1 aliphatic heterocycles. The van der Waals surface area contributed by atoms with Crippen molar-refractivity contribution in [2.24, 2.45) is 5.41 Å². The van der Waals surface area contributed by atoms with Gasteiger partial charge in [0.15, 0.2) is 0 Å². The minimum atomic E-state index is 0.411. The van der Waals surface area contributed by atoms with Gasteiger partial charge in [-0.05, 0) is 25.3 Å². The minimum absolute atomic E-state index is 0.411. The van der Waals surface area contributed by atoms with E-state index >= 15 is 0 Å². The van der Waals surface area contributed by atoms with Crippen molar-refractivity contribution in [1.82, 2.24) is 10.2 Å². The molecular weight excluding hydrogens is 200 g/mol. The second-order valence-corrected chi connectivity index (χ2v) is 5.33. The SMILES string of the molecule is CCCC(C)(CNC)CN1CCCOCC1. The van der Waals surface area contributed by atoms with Gasteiger partial charge in [0.25, 0.3) is 0 Å². The minimum Gasteiger partial charge on any atom is -0.380 e. The van der Waals surface area contributed by atoms with E-state index in [0.717, 1.165) is 26.3 Å². The molecule has 0 aliphatic carbocycles. The third-order valence-electron chi connectivity index (χ3n) is 3.38. The maximum absolute atomic E-state index is 5.50. The van der Waals surface area contributed by atoms with E-state index in [1.165, 1.54) is 32.4 Å². The highest BCUT2D eigenvalue weighted by molar-refractivity contribution is 4.80. The third-order valence-corrected chi connectivity index (χ3v) is 3.38. The summed E-state index contributed by atoms with van der Waals surface area (Å²) < 4.78 is 5.50. The first kappa shape index (κ1) is 13.9. The number of rotatable bonds is 6. The zero-order valence-electron chi connectivity index (χ0n) is 11.2. The summed E-state index contributed by atoms with van der Waals surface area (Å²) in [7, 11) is 2.06. The van der Waals surface area contributed by atoms with E-state index in [4.69, 9.17) is 4.74 Å². The Labute approximate surface area is 101 Å². The summed E-state index contributed by atoms with van der Waals surface area (Å²) in [5.74, 6) is 0. The fraction of sp³-hybridized carbons (Fsp3) is 1.00. The number of hydrogen-bond acceptors (Lipinski definition) is 3. The van der Waals surface area contributed by atoms with E-state index in [1.54, 1.807) is 0 Å². The topological polar surface area (TPSA) is 24.5 Å². The van der Waals surface area contributed by atoms with Crippen molar-refractivity contribution < 1.29 is 4.74 Å². The normalized spacial score (nSPS) is 22.7. The molecule has 1 saturated heterocycles. The molecule has 0 aromatic carbocycles. The summed E-state index contributed by atoms with van der Waals surface area (Å²) in [5, 5.41) is 3.34. The lowest BCUT2D eigenvalue weighted by Gasteiger charge is -2.34. The Morgan fingerprint density at radius 3 is 2.81 bits per heavy atom. The van der Waals surface area contributed by atoms with E-state index in [0.29, 0.717) is 5.41 Å². The molecule has 16 heavy (non-hydrogen) atoms. The molecule has 1 fully saturated rings. The second kappa shape index (κ2) is 7.25. The highest BCUT2D eigenvalue weighted by Crippen LogP contribution is 2.24. The standard InChI is InChI=1S/C13H28N2O/c1-4-6-13(2,11-14-3)12-15-7-5-9-16-10-8-15/h14H,4-12H2,1-3H3. The average molecular weight is 228 g/mol. The molecule has 0 spiro atoms. The number of nitrogens with one attached hydrogen (secondary N) is 1. The molecule has 3 heteroatoms. The zero-order valence-corrected chi connectivity index (χ0v) is 11.2. The van der Waals surface area contributed by atoms with Crippen molar-refractivity contribution in [2.75, 3.05) is 46.4 Å². The summed E-state index contributed by atoms with van der Waals surface area (Å²) in [6.45, 7) is 11.1. The molecule has 0 aromatic rings. The van der Waals surface area contributed by atoms with Crippen LogP contribution in [-0.2, 0) is 4.74 Å².